The van der Waals surface area contributed by atoms with Gasteiger partial charge >= 0.3 is 6.09 Å². The highest BCUT2D eigenvalue weighted by Crippen LogP contribution is 2.24. The summed E-state index contributed by atoms with van der Waals surface area (Å²) >= 11 is 0. The van der Waals surface area contributed by atoms with E-state index >= 15 is 0 Å². The fourth-order valence-corrected chi connectivity index (χ4v) is 2.36. The quantitative estimate of drug-likeness (QED) is 0.731. The van der Waals surface area contributed by atoms with Gasteiger partial charge in [-0.1, -0.05) is 5.92 Å². The number of H-pyrrole nitrogens is 1. The molecule has 0 aliphatic carbocycles. The van der Waals surface area contributed by atoms with E-state index in [1.165, 1.54) is 0 Å². The van der Waals surface area contributed by atoms with Gasteiger partial charge in [0, 0.05) is 30.8 Å². The number of carbonyl (C=O) groups excluding carboxylic acids is 2. The molecule has 0 aromatic carbocycles. The average Bonchev–Trinajstić information content (AvgIpc) is 2.89. The molecule has 0 saturated heterocycles. The molecule has 2 amide bonds. The van der Waals surface area contributed by atoms with Crippen LogP contribution in [0.4, 0.5) is 4.79 Å². The first-order valence-corrected chi connectivity index (χ1v) is 7.69. The SMILES string of the molecule is C[C@H](C#CC[C@H]1CNC(=O)c2cc[nH]c21)NC(=O)OC(C)(C)C. The molecule has 2 atom stereocenters. The number of hydrogen-bond donors (Lipinski definition) is 3. The number of ether oxygens (including phenoxy) is 1. The largest absolute Gasteiger partial charge is 0.444 e. The van der Waals surface area contributed by atoms with Crippen LogP contribution in [-0.2, 0) is 4.74 Å². The van der Waals surface area contributed by atoms with E-state index in [0.717, 1.165) is 5.69 Å². The third kappa shape index (κ3) is 4.78. The first kappa shape index (κ1) is 16.9. The van der Waals surface area contributed by atoms with E-state index in [9.17, 15) is 9.59 Å². The third-order valence-electron chi connectivity index (χ3n) is 3.34. The molecule has 0 unspecified atom stereocenters. The second-order valence-corrected chi connectivity index (χ2v) is 6.61. The first-order chi connectivity index (χ1) is 10.8. The van der Waals surface area contributed by atoms with E-state index in [1.807, 2.05) is 20.8 Å². The Morgan fingerprint density at radius 3 is 2.96 bits per heavy atom. The van der Waals surface area contributed by atoms with Crippen molar-refractivity contribution in [2.75, 3.05) is 6.54 Å². The van der Waals surface area contributed by atoms with Crippen molar-refractivity contribution in [3.63, 3.8) is 0 Å². The maximum atomic E-state index is 11.7. The Morgan fingerprint density at radius 2 is 2.26 bits per heavy atom. The molecule has 23 heavy (non-hydrogen) atoms. The van der Waals surface area contributed by atoms with Gasteiger partial charge in [-0.25, -0.2) is 4.79 Å². The Morgan fingerprint density at radius 1 is 1.52 bits per heavy atom. The minimum Gasteiger partial charge on any atom is -0.444 e. The molecule has 3 N–H and O–H groups in total. The lowest BCUT2D eigenvalue weighted by molar-refractivity contribution is 0.0519. The van der Waals surface area contributed by atoms with Crippen LogP contribution in [0, 0.1) is 11.8 Å². The van der Waals surface area contributed by atoms with Gasteiger partial charge in [0.25, 0.3) is 5.91 Å². The van der Waals surface area contributed by atoms with Crippen molar-refractivity contribution in [3.05, 3.63) is 23.5 Å². The Balaban J connectivity index is 1.88. The molecule has 2 heterocycles. The number of nitrogens with one attached hydrogen (secondary N) is 3. The minimum atomic E-state index is -0.526. The lowest BCUT2D eigenvalue weighted by atomic mass is 9.94. The summed E-state index contributed by atoms with van der Waals surface area (Å²) in [5.74, 6) is 6.16. The molecule has 1 aromatic rings. The number of alkyl carbamates (subject to hydrolysis) is 1. The van der Waals surface area contributed by atoms with Crippen LogP contribution < -0.4 is 10.6 Å². The zero-order chi connectivity index (χ0) is 17.0. The number of amides is 2. The summed E-state index contributed by atoms with van der Waals surface area (Å²) in [6.07, 6.45) is 1.90. The van der Waals surface area contributed by atoms with E-state index in [2.05, 4.69) is 27.5 Å². The Kier molecular flexibility index (Phi) is 4.99. The zero-order valence-electron chi connectivity index (χ0n) is 13.9. The maximum absolute atomic E-state index is 11.7. The Bertz CT molecular complexity index is 646. The number of fused-ring (bicyclic) bond motifs is 1. The number of hydrogen-bond acceptors (Lipinski definition) is 3. The van der Waals surface area contributed by atoms with Gasteiger partial charge in [0.1, 0.15) is 5.60 Å². The van der Waals surface area contributed by atoms with Crippen LogP contribution in [0.15, 0.2) is 12.3 Å². The van der Waals surface area contributed by atoms with E-state index < -0.39 is 11.7 Å². The van der Waals surface area contributed by atoms with Crippen molar-refractivity contribution in [2.45, 2.75) is 51.7 Å². The van der Waals surface area contributed by atoms with Crippen LogP contribution in [0.25, 0.3) is 0 Å². The van der Waals surface area contributed by atoms with Gasteiger partial charge < -0.3 is 20.4 Å². The number of aromatic nitrogens is 1. The fraction of sp³-hybridized carbons (Fsp3) is 0.529. The molecule has 1 aliphatic heterocycles. The molecule has 6 heteroatoms. The molecule has 0 bridgehead atoms. The first-order valence-electron chi connectivity index (χ1n) is 7.69. The Labute approximate surface area is 136 Å². The van der Waals surface area contributed by atoms with Gasteiger partial charge in [0.2, 0.25) is 0 Å². The van der Waals surface area contributed by atoms with Crippen LogP contribution >= 0.6 is 0 Å². The molecule has 1 aromatic heterocycles. The number of rotatable bonds is 2. The molecule has 2 rings (SSSR count). The standard InChI is InChI=1S/C17H23N3O3/c1-11(20-16(22)23-17(2,3)4)6-5-7-12-10-19-15(21)13-8-9-18-14(12)13/h8-9,11-12,18H,7,10H2,1-4H3,(H,19,21)(H,20,22)/t11-,12+/m1/s1. The number of carbonyl (C=O) groups is 2. The van der Waals surface area contributed by atoms with Crippen molar-refractivity contribution >= 4 is 12.0 Å². The molecule has 0 radical (unpaired) electrons. The predicted molar refractivity (Wildman–Crippen MR) is 87.1 cm³/mol. The molecular weight excluding hydrogens is 294 g/mol. The third-order valence-corrected chi connectivity index (χ3v) is 3.34. The summed E-state index contributed by atoms with van der Waals surface area (Å²) in [5.41, 5.74) is 1.08. The number of aromatic amines is 1. The smallest absolute Gasteiger partial charge is 0.408 e. The maximum Gasteiger partial charge on any atom is 0.408 e. The highest BCUT2D eigenvalue weighted by atomic mass is 16.6. The van der Waals surface area contributed by atoms with Gasteiger partial charge in [0.05, 0.1) is 11.6 Å². The summed E-state index contributed by atoms with van der Waals surface area (Å²) in [5, 5.41) is 5.54. The molecular formula is C17H23N3O3. The second kappa shape index (κ2) is 6.78. The van der Waals surface area contributed by atoms with Gasteiger partial charge in [-0.3, -0.25) is 4.79 Å². The topological polar surface area (TPSA) is 83.2 Å². The van der Waals surface area contributed by atoms with Crippen LogP contribution in [0.5, 0.6) is 0 Å². The van der Waals surface area contributed by atoms with E-state index in [4.69, 9.17) is 4.74 Å². The predicted octanol–water partition coefficient (Wildman–Crippen LogP) is 2.15. The van der Waals surface area contributed by atoms with E-state index in [-0.39, 0.29) is 17.9 Å². The molecule has 0 fully saturated rings. The highest BCUT2D eigenvalue weighted by Gasteiger charge is 2.25. The summed E-state index contributed by atoms with van der Waals surface area (Å²) < 4.78 is 5.18. The summed E-state index contributed by atoms with van der Waals surface area (Å²) in [6.45, 7) is 7.81. The van der Waals surface area contributed by atoms with Crippen molar-refractivity contribution in [3.8, 4) is 11.8 Å². The van der Waals surface area contributed by atoms with Crippen molar-refractivity contribution in [1.29, 1.82) is 0 Å². The van der Waals surface area contributed by atoms with Crippen LogP contribution in [0.1, 0.15) is 56.1 Å². The molecule has 1 aliphatic rings. The van der Waals surface area contributed by atoms with Crippen LogP contribution in [0.2, 0.25) is 0 Å². The zero-order valence-corrected chi connectivity index (χ0v) is 13.9. The van der Waals surface area contributed by atoms with Gasteiger partial charge in [-0.2, -0.15) is 0 Å². The molecule has 124 valence electrons. The monoisotopic (exact) mass is 317 g/mol. The fourth-order valence-electron chi connectivity index (χ4n) is 2.36. The van der Waals surface area contributed by atoms with Gasteiger partial charge in [-0.15, -0.1) is 5.92 Å². The minimum absolute atomic E-state index is 0.0505. The van der Waals surface area contributed by atoms with Gasteiger partial charge in [-0.05, 0) is 33.8 Å². The van der Waals surface area contributed by atoms with Crippen molar-refractivity contribution in [1.82, 2.24) is 15.6 Å². The van der Waals surface area contributed by atoms with E-state index in [1.54, 1.807) is 19.2 Å². The highest BCUT2D eigenvalue weighted by molar-refractivity contribution is 5.96. The molecule has 0 saturated carbocycles. The Hall–Kier alpha value is -2.42. The normalized spacial score (nSPS) is 18.1. The van der Waals surface area contributed by atoms with Crippen molar-refractivity contribution < 1.29 is 14.3 Å². The summed E-state index contributed by atoms with van der Waals surface area (Å²) in [4.78, 5) is 26.4. The van der Waals surface area contributed by atoms with Crippen LogP contribution in [-0.4, -0.2) is 35.2 Å². The lowest BCUT2D eigenvalue weighted by Crippen LogP contribution is -2.37. The second-order valence-electron chi connectivity index (χ2n) is 6.61. The lowest BCUT2D eigenvalue weighted by Gasteiger charge is -2.21. The van der Waals surface area contributed by atoms with E-state index in [0.29, 0.717) is 18.5 Å². The molecule has 6 nitrogen and oxygen atoms in total. The summed E-state index contributed by atoms with van der Waals surface area (Å²) in [7, 11) is 0. The van der Waals surface area contributed by atoms with Gasteiger partial charge in [0.15, 0.2) is 0 Å². The van der Waals surface area contributed by atoms with Crippen molar-refractivity contribution in [2.24, 2.45) is 0 Å². The summed E-state index contributed by atoms with van der Waals surface area (Å²) in [6, 6.07) is 1.47. The van der Waals surface area contributed by atoms with Crippen LogP contribution in [0.3, 0.4) is 0 Å². The average molecular weight is 317 g/mol. The molecule has 0 spiro atoms.